The summed E-state index contributed by atoms with van der Waals surface area (Å²) in [7, 11) is -0.752. The quantitative estimate of drug-likeness (QED) is 0.129. The standard InChI is InChI=1S/C33H45FN6O4Si/c1-13-14-25(28(36-9)42-10)38-29-37-18-24(34)26(39-29)21-15-22(17-35)27-23(16-21)33(8,20-43-45(11,12)32(5,6)7)19-40(27)30(41)44-31(2,3)4/h13-16,18H,9,19-20H2,1-8,10-12H3,(H,37,38,39)/b14-13-,28-25-. The summed E-state index contributed by atoms with van der Waals surface area (Å²) in [5.41, 5.74) is 0.525. The largest absolute Gasteiger partial charge is 0.480 e. The van der Waals surface area contributed by atoms with E-state index in [4.69, 9.17) is 13.9 Å². The maximum atomic E-state index is 15.4. The number of anilines is 2. The van der Waals surface area contributed by atoms with Crippen LogP contribution in [0.25, 0.3) is 11.3 Å². The third-order valence-corrected chi connectivity index (χ3v) is 12.5. The molecular formula is C33H45FN6O4Si. The van der Waals surface area contributed by atoms with Crippen LogP contribution in [0.4, 0.5) is 20.8 Å². The summed E-state index contributed by atoms with van der Waals surface area (Å²) in [6, 6.07) is 5.52. The summed E-state index contributed by atoms with van der Waals surface area (Å²) < 4.78 is 33.1. The van der Waals surface area contributed by atoms with Crippen LogP contribution < -0.4 is 10.2 Å². The number of benzene rings is 1. The Kier molecular flexibility index (Phi) is 10.3. The number of amides is 1. The van der Waals surface area contributed by atoms with Crippen molar-refractivity contribution in [2.75, 3.05) is 30.5 Å². The molecule has 242 valence electrons. The SMILES string of the molecule is C=N/C(OC)=C(\C=C/C)Nc1ncc(F)c(-c2cc(C#N)c3c(c2)C(C)(CO[Si](C)(C)C(C)(C)C)CN3C(=O)OC(C)(C)C)n1. The van der Waals surface area contributed by atoms with E-state index in [9.17, 15) is 10.1 Å². The Morgan fingerprint density at radius 2 is 1.96 bits per heavy atom. The van der Waals surface area contributed by atoms with Crippen LogP contribution >= 0.6 is 0 Å². The molecule has 0 bridgehead atoms. The Hall–Kier alpha value is -4.08. The zero-order valence-electron chi connectivity index (χ0n) is 28.3. The van der Waals surface area contributed by atoms with Gasteiger partial charge in [-0.3, -0.25) is 4.90 Å². The Morgan fingerprint density at radius 1 is 1.29 bits per heavy atom. The van der Waals surface area contributed by atoms with E-state index < -0.39 is 31.2 Å². The molecule has 1 aromatic heterocycles. The molecule has 0 fully saturated rings. The number of allylic oxidation sites excluding steroid dienone is 2. The first-order valence-electron chi connectivity index (χ1n) is 14.7. The van der Waals surface area contributed by atoms with Crippen molar-refractivity contribution in [2.24, 2.45) is 4.99 Å². The fourth-order valence-electron chi connectivity index (χ4n) is 4.62. The zero-order chi connectivity index (χ0) is 34.0. The molecule has 3 rings (SSSR count). The third-order valence-electron chi connectivity index (χ3n) is 7.99. The summed E-state index contributed by atoms with van der Waals surface area (Å²) in [4.78, 5) is 27.4. The molecule has 1 N–H and O–H groups in total. The number of nitrogens with zero attached hydrogens (tertiary/aromatic N) is 5. The van der Waals surface area contributed by atoms with Crippen molar-refractivity contribution in [1.29, 1.82) is 5.26 Å². The second-order valence-corrected chi connectivity index (χ2v) is 18.6. The van der Waals surface area contributed by atoms with E-state index in [1.54, 1.807) is 39.0 Å². The molecule has 1 atom stereocenters. The lowest BCUT2D eigenvalue weighted by Gasteiger charge is -2.39. The normalized spacial score (nSPS) is 17.4. The number of rotatable bonds is 9. The van der Waals surface area contributed by atoms with Crippen LogP contribution in [-0.2, 0) is 19.3 Å². The number of halogens is 1. The highest BCUT2D eigenvalue weighted by Gasteiger charge is 2.47. The number of fused-ring (bicyclic) bond motifs is 1. The average Bonchev–Trinajstić information content (AvgIpc) is 3.25. The number of carbonyl (C=O) groups is 1. The first-order valence-corrected chi connectivity index (χ1v) is 17.6. The molecule has 0 spiro atoms. The summed E-state index contributed by atoms with van der Waals surface area (Å²) in [6.07, 6.45) is 3.94. The van der Waals surface area contributed by atoms with Crippen LogP contribution in [-0.4, -0.2) is 57.0 Å². The second-order valence-electron chi connectivity index (χ2n) is 13.8. The van der Waals surface area contributed by atoms with E-state index >= 15 is 4.39 Å². The number of aliphatic imine (C=N–C) groups is 1. The van der Waals surface area contributed by atoms with Crippen LogP contribution in [0.3, 0.4) is 0 Å². The van der Waals surface area contributed by atoms with Crippen molar-refractivity contribution in [3.63, 3.8) is 0 Å². The maximum absolute atomic E-state index is 15.4. The van der Waals surface area contributed by atoms with Crippen molar-refractivity contribution in [3.8, 4) is 17.3 Å². The zero-order valence-corrected chi connectivity index (χ0v) is 29.3. The molecule has 10 nitrogen and oxygen atoms in total. The number of hydrogen-bond donors (Lipinski definition) is 1. The summed E-state index contributed by atoms with van der Waals surface area (Å²) >= 11 is 0. The molecule has 12 heteroatoms. The highest BCUT2D eigenvalue weighted by atomic mass is 28.4. The van der Waals surface area contributed by atoms with Gasteiger partial charge in [-0.2, -0.15) is 5.26 Å². The molecule has 0 radical (unpaired) electrons. The predicted octanol–water partition coefficient (Wildman–Crippen LogP) is 7.69. The fraction of sp³-hybridized carbons (Fsp3) is 0.485. The minimum atomic E-state index is -2.20. The lowest BCUT2D eigenvalue weighted by atomic mass is 9.83. The number of nitrogens with one attached hydrogen (secondary N) is 1. The molecule has 45 heavy (non-hydrogen) atoms. The summed E-state index contributed by atoms with van der Waals surface area (Å²) in [6.45, 7) is 24.0. The first kappa shape index (κ1) is 35.4. The Labute approximate surface area is 267 Å². The van der Waals surface area contributed by atoms with Gasteiger partial charge < -0.3 is 19.2 Å². The molecule has 0 saturated carbocycles. The minimum Gasteiger partial charge on any atom is -0.480 e. The molecule has 1 aromatic carbocycles. The number of ether oxygens (including phenoxy) is 2. The average molecular weight is 637 g/mol. The molecule has 2 heterocycles. The molecular weight excluding hydrogens is 591 g/mol. The molecule has 2 aromatic rings. The Bertz CT molecular complexity index is 1570. The third kappa shape index (κ3) is 7.77. The highest BCUT2D eigenvalue weighted by molar-refractivity contribution is 6.74. The van der Waals surface area contributed by atoms with Gasteiger partial charge in [0.05, 0.1) is 24.6 Å². The van der Waals surface area contributed by atoms with Gasteiger partial charge in [0.25, 0.3) is 0 Å². The van der Waals surface area contributed by atoms with Crippen molar-refractivity contribution in [3.05, 3.63) is 59.0 Å². The van der Waals surface area contributed by atoms with Crippen LogP contribution in [0, 0.1) is 17.1 Å². The van der Waals surface area contributed by atoms with Gasteiger partial charge in [-0.15, -0.1) is 0 Å². The molecule has 0 aliphatic carbocycles. The van der Waals surface area contributed by atoms with E-state index in [-0.39, 0.29) is 41.3 Å². The van der Waals surface area contributed by atoms with Gasteiger partial charge in [-0.25, -0.2) is 24.1 Å². The topological polar surface area (TPSA) is 122 Å². The fourth-order valence-corrected chi connectivity index (χ4v) is 5.73. The number of methoxy groups -OCH3 is 1. The van der Waals surface area contributed by atoms with Gasteiger partial charge in [-0.1, -0.05) is 33.8 Å². The van der Waals surface area contributed by atoms with E-state index in [0.717, 1.165) is 6.20 Å². The molecule has 1 aliphatic rings. The predicted molar refractivity (Wildman–Crippen MR) is 178 cm³/mol. The lowest BCUT2D eigenvalue weighted by molar-refractivity contribution is 0.0575. The van der Waals surface area contributed by atoms with Crippen molar-refractivity contribution in [2.45, 2.75) is 84.5 Å². The minimum absolute atomic E-state index is 0.0273. The maximum Gasteiger partial charge on any atom is 0.414 e. The number of nitriles is 1. The number of carbonyl (C=O) groups excluding carboxylic acids is 1. The Balaban J connectivity index is 2.22. The Morgan fingerprint density at radius 3 is 2.49 bits per heavy atom. The van der Waals surface area contributed by atoms with Crippen LogP contribution in [0.5, 0.6) is 0 Å². The first-order chi connectivity index (χ1) is 20.8. The van der Waals surface area contributed by atoms with Crippen LogP contribution in [0.15, 0.2) is 47.1 Å². The molecule has 1 amide bonds. The van der Waals surface area contributed by atoms with Gasteiger partial charge in [0.2, 0.25) is 11.8 Å². The second kappa shape index (κ2) is 13.1. The van der Waals surface area contributed by atoms with Gasteiger partial charge in [0.1, 0.15) is 23.1 Å². The van der Waals surface area contributed by atoms with Gasteiger partial charge in [0.15, 0.2) is 14.1 Å². The lowest BCUT2D eigenvalue weighted by Crippen LogP contribution is -2.46. The monoisotopic (exact) mass is 636 g/mol. The van der Waals surface area contributed by atoms with Crippen molar-refractivity contribution < 1.29 is 23.1 Å². The van der Waals surface area contributed by atoms with Crippen LogP contribution in [0.1, 0.15) is 66.5 Å². The highest BCUT2D eigenvalue weighted by Crippen LogP contribution is 2.47. The molecule has 0 saturated heterocycles. The number of hydrogen-bond acceptors (Lipinski definition) is 9. The van der Waals surface area contributed by atoms with E-state index in [0.29, 0.717) is 22.5 Å². The number of aromatic nitrogens is 2. The van der Waals surface area contributed by atoms with Gasteiger partial charge >= 0.3 is 6.09 Å². The summed E-state index contributed by atoms with van der Waals surface area (Å²) in [5.74, 6) is -0.404. The van der Waals surface area contributed by atoms with Gasteiger partial charge in [0, 0.05) is 24.1 Å². The van der Waals surface area contributed by atoms with Gasteiger partial charge in [-0.05, 0) is 76.3 Å². The van der Waals surface area contributed by atoms with Crippen molar-refractivity contribution >= 4 is 32.8 Å². The van der Waals surface area contributed by atoms with E-state index in [1.165, 1.54) is 18.1 Å². The molecule has 1 unspecified atom stereocenters. The van der Waals surface area contributed by atoms with E-state index in [2.05, 4.69) is 66.9 Å². The molecule has 1 aliphatic heterocycles. The summed E-state index contributed by atoms with van der Waals surface area (Å²) in [5, 5.41) is 13.3. The van der Waals surface area contributed by atoms with Crippen molar-refractivity contribution in [1.82, 2.24) is 9.97 Å². The smallest absolute Gasteiger partial charge is 0.414 e. The van der Waals surface area contributed by atoms with E-state index in [1.807, 2.05) is 13.8 Å². The van der Waals surface area contributed by atoms with Crippen LogP contribution in [0.2, 0.25) is 18.1 Å².